The average molecular weight is 260 g/mol. The minimum atomic E-state index is 0.802. The molecule has 0 amide bonds. The van der Waals surface area contributed by atoms with E-state index in [0.717, 1.165) is 29.8 Å². The number of hydrogen-bond donors (Lipinski definition) is 0. The maximum atomic E-state index is 4.26. The van der Waals surface area contributed by atoms with Crippen molar-refractivity contribution in [2.75, 3.05) is 0 Å². The summed E-state index contributed by atoms with van der Waals surface area (Å²) in [5, 5.41) is 0. The quantitative estimate of drug-likeness (QED) is 0.549. The van der Waals surface area contributed by atoms with E-state index >= 15 is 0 Å². The summed E-state index contributed by atoms with van der Waals surface area (Å²) in [5.41, 5.74) is 2.55. The third-order valence-electron chi connectivity index (χ3n) is 2.61. The lowest BCUT2D eigenvalue weighted by atomic mass is 10.2. The molecule has 0 heterocycles. The summed E-state index contributed by atoms with van der Waals surface area (Å²) in [6.45, 7) is 2.12. The molecule has 0 spiro atoms. The van der Waals surface area contributed by atoms with Crippen LogP contribution in [0.4, 0.5) is 11.4 Å². The van der Waals surface area contributed by atoms with Crippen LogP contribution in [0.1, 0.15) is 25.3 Å². The molecule has 0 radical (unpaired) electrons. The molecule has 2 heteroatoms. The van der Waals surface area contributed by atoms with Gasteiger partial charge in [0.05, 0.1) is 16.9 Å². The first kappa shape index (κ1) is 13.8. The van der Waals surface area contributed by atoms with E-state index in [1.165, 1.54) is 0 Å². The molecule has 0 bridgehead atoms. The van der Waals surface area contributed by atoms with E-state index in [1.54, 1.807) is 0 Å². The van der Waals surface area contributed by atoms with Crippen LogP contribution < -0.4 is 0 Å². The second-order valence-electron chi connectivity index (χ2n) is 4.23. The third kappa shape index (κ3) is 4.24. The maximum Gasteiger partial charge on any atom is 0.101 e. The predicted molar refractivity (Wildman–Crippen MR) is 83.9 cm³/mol. The van der Waals surface area contributed by atoms with Crippen LogP contribution in [0.2, 0.25) is 0 Å². The molecule has 0 saturated carbocycles. The van der Waals surface area contributed by atoms with Crippen molar-refractivity contribution in [3.63, 3.8) is 0 Å². The Labute approximate surface area is 119 Å². The Balaban J connectivity index is 2.22. The molecule has 0 atom stereocenters. The molecule has 0 saturated heterocycles. The van der Waals surface area contributed by atoms with Crippen LogP contribution in [0, 0.1) is 11.8 Å². The highest BCUT2D eigenvalue weighted by atomic mass is 14.8. The number of nitrogens with zero attached hydrogens (tertiary/aromatic N) is 2. The van der Waals surface area contributed by atoms with Crippen molar-refractivity contribution in [3.05, 3.63) is 60.2 Å². The zero-order valence-electron chi connectivity index (χ0n) is 11.5. The molecule has 2 aromatic carbocycles. The first-order valence-electron chi connectivity index (χ1n) is 6.69. The van der Waals surface area contributed by atoms with Crippen molar-refractivity contribution in [3.8, 4) is 11.8 Å². The van der Waals surface area contributed by atoms with Crippen LogP contribution in [0.15, 0.2) is 64.6 Å². The molecule has 0 fully saturated rings. The van der Waals surface area contributed by atoms with Crippen LogP contribution in [-0.4, -0.2) is 6.01 Å². The minimum Gasteiger partial charge on any atom is -0.188 e. The molecular formula is C18H16N2. The first-order chi connectivity index (χ1) is 9.90. The number of aliphatic imine (C=N–C) groups is 2. The number of benzene rings is 2. The van der Waals surface area contributed by atoms with E-state index in [0.29, 0.717) is 0 Å². The molecule has 0 aromatic heterocycles. The standard InChI is InChI=1S/C18H16N2/c1-2-3-5-10-16-11-8-9-14-18(16)20-15-19-17-12-6-4-7-13-17/h4,6-9,11-14H,2-3H2,1H3. The van der Waals surface area contributed by atoms with Gasteiger partial charge in [0.15, 0.2) is 0 Å². The van der Waals surface area contributed by atoms with Gasteiger partial charge in [-0.15, -0.1) is 0 Å². The highest BCUT2D eigenvalue weighted by molar-refractivity contribution is 5.63. The summed E-state index contributed by atoms with van der Waals surface area (Å²) in [7, 11) is 0. The smallest absolute Gasteiger partial charge is 0.101 e. The molecule has 20 heavy (non-hydrogen) atoms. The van der Waals surface area contributed by atoms with Gasteiger partial charge in [0.25, 0.3) is 0 Å². The third-order valence-corrected chi connectivity index (χ3v) is 2.61. The van der Waals surface area contributed by atoms with Crippen LogP contribution in [0.25, 0.3) is 0 Å². The summed E-state index contributed by atoms with van der Waals surface area (Å²) in [6, 6.07) is 20.2. The summed E-state index contributed by atoms with van der Waals surface area (Å²) in [4.78, 5) is 8.44. The van der Waals surface area contributed by atoms with Crippen molar-refractivity contribution >= 4 is 17.4 Å². The van der Waals surface area contributed by atoms with Gasteiger partial charge in [0, 0.05) is 6.42 Å². The number of unbranched alkanes of at least 4 members (excludes halogenated alkanes) is 1. The van der Waals surface area contributed by atoms with Crippen molar-refractivity contribution < 1.29 is 0 Å². The fourth-order valence-electron chi connectivity index (χ4n) is 1.60. The Bertz CT molecular complexity index is 669. The summed E-state index contributed by atoms with van der Waals surface area (Å²) >= 11 is 0. The van der Waals surface area contributed by atoms with Crippen LogP contribution >= 0.6 is 0 Å². The van der Waals surface area contributed by atoms with Gasteiger partial charge in [-0.25, -0.2) is 0 Å². The van der Waals surface area contributed by atoms with E-state index < -0.39 is 0 Å². The molecule has 0 aliphatic heterocycles. The molecule has 98 valence electrons. The molecule has 2 nitrogen and oxygen atoms in total. The normalized spacial score (nSPS) is 9.05. The second-order valence-corrected chi connectivity index (χ2v) is 4.23. The average Bonchev–Trinajstić information content (AvgIpc) is 2.50. The second kappa shape index (κ2) is 7.74. The fourth-order valence-corrected chi connectivity index (χ4v) is 1.60. The Kier molecular flexibility index (Phi) is 5.34. The van der Waals surface area contributed by atoms with E-state index in [2.05, 4.69) is 34.8 Å². The number of hydrogen-bond acceptors (Lipinski definition) is 2. The molecule has 0 unspecified atom stereocenters. The largest absolute Gasteiger partial charge is 0.188 e. The Morgan fingerprint density at radius 2 is 1.65 bits per heavy atom. The maximum absolute atomic E-state index is 4.26. The van der Waals surface area contributed by atoms with E-state index in [4.69, 9.17) is 0 Å². The first-order valence-corrected chi connectivity index (χ1v) is 6.69. The topological polar surface area (TPSA) is 24.7 Å². The van der Waals surface area contributed by atoms with Gasteiger partial charge < -0.3 is 0 Å². The molecule has 0 aliphatic carbocycles. The predicted octanol–water partition coefficient (Wildman–Crippen LogP) is 4.98. The van der Waals surface area contributed by atoms with Crippen molar-refractivity contribution in [2.24, 2.45) is 9.98 Å². The Morgan fingerprint density at radius 3 is 2.45 bits per heavy atom. The lowest BCUT2D eigenvalue weighted by Crippen LogP contribution is -1.75. The van der Waals surface area contributed by atoms with Crippen LogP contribution in [0.5, 0.6) is 0 Å². The Hall–Kier alpha value is -2.62. The number of para-hydroxylation sites is 2. The van der Waals surface area contributed by atoms with Gasteiger partial charge in [-0.1, -0.05) is 49.1 Å². The van der Waals surface area contributed by atoms with Crippen molar-refractivity contribution in [2.45, 2.75) is 19.8 Å². The van der Waals surface area contributed by atoms with Crippen molar-refractivity contribution in [1.82, 2.24) is 0 Å². The molecule has 0 N–H and O–H groups in total. The SMILES string of the molecule is CCCC#Cc1ccccc1N=C=Nc1ccccc1. The zero-order valence-corrected chi connectivity index (χ0v) is 11.5. The van der Waals surface area contributed by atoms with Crippen molar-refractivity contribution in [1.29, 1.82) is 0 Å². The monoisotopic (exact) mass is 260 g/mol. The van der Waals surface area contributed by atoms with Gasteiger partial charge in [-0.3, -0.25) is 0 Å². The van der Waals surface area contributed by atoms with Crippen LogP contribution in [0.3, 0.4) is 0 Å². The fraction of sp³-hybridized carbons (Fsp3) is 0.167. The molecule has 2 aromatic rings. The van der Waals surface area contributed by atoms with Gasteiger partial charge in [0.2, 0.25) is 0 Å². The van der Waals surface area contributed by atoms with Crippen LogP contribution in [-0.2, 0) is 0 Å². The van der Waals surface area contributed by atoms with E-state index in [-0.39, 0.29) is 0 Å². The van der Waals surface area contributed by atoms with Gasteiger partial charge in [-0.05, 0) is 30.7 Å². The van der Waals surface area contributed by atoms with Gasteiger partial charge >= 0.3 is 0 Å². The highest BCUT2D eigenvalue weighted by Gasteiger charge is 1.94. The van der Waals surface area contributed by atoms with E-state index in [1.807, 2.05) is 54.6 Å². The van der Waals surface area contributed by atoms with Gasteiger partial charge in [0.1, 0.15) is 6.01 Å². The summed E-state index contributed by atoms with van der Waals surface area (Å²) < 4.78 is 0. The minimum absolute atomic E-state index is 0.802. The van der Waals surface area contributed by atoms with E-state index in [9.17, 15) is 0 Å². The summed E-state index contributed by atoms with van der Waals surface area (Å²) in [6.07, 6.45) is 1.96. The summed E-state index contributed by atoms with van der Waals surface area (Å²) in [5.74, 6) is 6.27. The molecular weight excluding hydrogens is 244 g/mol. The zero-order chi connectivity index (χ0) is 14.0. The Morgan fingerprint density at radius 1 is 0.900 bits per heavy atom. The highest BCUT2D eigenvalue weighted by Crippen LogP contribution is 2.17. The number of rotatable bonds is 3. The van der Waals surface area contributed by atoms with Gasteiger partial charge in [-0.2, -0.15) is 9.98 Å². The lowest BCUT2D eigenvalue weighted by Gasteiger charge is -1.94. The lowest BCUT2D eigenvalue weighted by molar-refractivity contribution is 0.983. The molecule has 0 aliphatic rings. The molecule has 2 rings (SSSR count).